The number of nitrogens with zero attached hydrogens (tertiary/aromatic N) is 2. The van der Waals surface area contributed by atoms with Gasteiger partial charge in [0.1, 0.15) is 28.7 Å². The Morgan fingerprint density at radius 1 is 1.38 bits per heavy atom. The summed E-state index contributed by atoms with van der Waals surface area (Å²) in [6, 6.07) is 7.73. The van der Waals surface area contributed by atoms with E-state index in [1.54, 1.807) is 0 Å². The van der Waals surface area contributed by atoms with Gasteiger partial charge < -0.3 is 20.2 Å². The van der Waals surface area contributed by atoms with Gasteiger partial charge in [-0.15, -0.1) is 0 Å². The molecule has 2 heterocycles. The van der Waals surface area contributed by atoms with Crippen LogP contribution in [0.5, 0.6) is 5.75 Å². The highest BCUT2D eigenvalue weighted by Crippen LogP contribution is 2.33. The van der Waals surface area contributed by atoms with Crippen molar-refractivity contribution in [2.24, 2.45) is 0 Å². The van der Waals surface area contributed by atoms with Crippen molar-refractivity contribution in [2.75, 3.05) is 18.9 Å². The van der Waals surface area contributed by atoms with Crippen LogP contribution in [0, 0.1) is 11.3 Å². The third kappa shape index (κ3) is 4.04. The maximum Gasteiger partial charge on any atom is 0.257 e. The predicted molar refractivity (Wildman–Crippen MR) is 107 cm³/mol. The number of H-pyrrole nitrogens is 1. The van der Waals surface area contributed by atoms with Crippen molar-refractivity contribution in [1.82, 2.24) is 15.5 Å². The molecule has 3 aromatic rings. The highest BCUT2D eigenvalue weighted by Gasteiger charge is 2.18. The SMILES string of the molecule is N#Cc1c(N)n[nH]c1CCCNC(=O)COc1ccc2oc3c(c2c1)CCCC3. The van der Waals surface area contributed by atoms with E-state index >= 15 is 0 Å². The normalized spacial score (nSPS) is 13.1. The van der Waals surface area contributed by atoms with E-state index in [0.717, 1.165) is 29.6 Å². The zero-order chi connectivity index (χ0) is 20.2. The number of ether oxygens (including phenoxy) is 1. The number of amides is 1. The number of carbonyl (C=O) groups excluding carboxylic acids is 1. The lowest BCUT2D eigenvalue weighted by molar-refractivity contribution is -0.123. The molecule has 1 amide bonds. The van der Waals surface area contributed by atoms with E-state index in [9.17, 15) is 4.79 Å². The molecule has 0 bridgehead atoms. The Balaban J connectivity index is 1.26. The van der Waals surface area contributed by atoms with Crippen LogP contribution in [0.4, 0.5) is 5.82 Å². The van der Waals surface area contributed by atoms with Gasteiger partial charge in [-0.25, -0.2) is 0 Å². The number of hydrogen-bond acceptors (Lipinski definition) is 6. The third-order valence-electron chi connectivity index (χ3n) is 5.20. The fourth-order valence-electron chi connectivity index (χ4n) is 3.72. The first-order chi connectivity index (χ1) is 14.2. The monoisotopic (exact) mass is 393 g/mol. The molecule has 1 aliphatic carbocycles. The van der Waals surface area contributed by atoms with Crippen LogP contribution in [0.3, 0.4) is 0 Å². The predicted octanol–water partition coefficient (Wildman–Crippen LogP) is 2.62. The number of fused-ring (bicyclic) bond motifs is 3. The van der Waals surface area contributed by atoms with E-state index in [-0.39, 0.29) is 18.3 Å². The molecule has 2 aromatic heterocycles. The van der Waals surface area contributed by atoms with E-state index in [1.165, 1.54) is 18.4 Å². The number of rotatable bonds is 7. The second-order valence-corrected chi connectivity index (χ2v) is 7.19. The Labute approximate surface area is 168 Å². The topological polar surface area (TPSA) is 130 Å². The molecule has 4 N–H and O–H groups in total. The maximum atomic E-state index is 12.1. The molecule has 4 rings (SSSR count). The van der Waals surface area contributed by atoms with Gasteiger partial charge in [0.15, 0.2) is 12.4 Å². The Kier molecular flexibility index (Phi) is 5.38. The lowest BCUT2D eigenvalue weighted by Crippen LogP contribution is -2.29. The summed E-state index contributed by atoms with van der Waals surface area (Å²) in [6.07, 6.45) is 5.61. The summed E-state index contributed by atoms with van der Waals surface area (Å²) in [7, 11) is 0. The molecule has 0 radical (unpaired) electrons. The van der Waals surface area contributed by atoms with Crippen molar-refractivity contribution in [3.8, 4) is 11.8 Å². The summed E-state index contributed by atoms with van der Waals surface area (Å²) in [5, 5.41) is 19.5. The average molecular weight is 393 g/mol. The largest absolute Gasteiger partial charge is 0.484 e. The van der Waals surface area contributed by atoms with Crippen LogP contribution in [-0.2, 0) is 24.1 Å². The maximum absolute atomic E-state index is 12.1. The van der Waals surface area contributed by atoms with Crippen LogP contribution in [0.1, 0.15) is 41.8 Å². The van der Waals surface area contributed by atoms with Crippen molar-refractivity contribution in [2.45, 2.75) is 38.5 Å². The number of nitrogens with one attached hydrogen (secondary N) is 2. The van der Waals surface area contributed by atoms with Crippen molar-refractivity contribution < 1.29 is 13.9 Å². The number of nitrogens with two attached hydrogens (primary N) is 1. The highest BCUT2D eigenvalue weighted by atomic mass is 16.5. The van der Waals surface area contributed by atoms with Crippen molar-refractivity contribution >= 4 is 22.7 Å². The zero-order valence-electron chi connectivity index (χ0n) is 16.1. The molecule has 0 saturated heterocycles. The van der Waals surface area contributed by atoms with Crippen LogP contribution in [0.25, 0.3) is 11.0 Å². The smallest absolute Gasteiger partial charge is 0.257 e. The summed E-state index contributed by atoms with van der Waals surface area (Å²) >= 11 is 0. The number of hydrogen-bond donors (Lipinski definition) is 3. The minimum atomic E-state index is -0.191. The Hall–Kier alpha value is -3.47. The lowest BCUT2D eigenvalue weighted by atomic mass is 9.96. The van der Waals surface area contributed by atoms with Crippen LogP contribution in [0.2, 0.25) is 0 Å². The number of benzene rings is 1. The lowest BCUT2D eigenvalue weighted by Gasteiger charge is -2.09. The van der Waals surface area contributed by atoms with Gasteiger partial charge in [0.2, 0.25) is 0 Å². The average Bonchev–Trinajstić information content (AvgIpc) is 3.29. The standard InChI is InChI=1S/C21H23N5O3/c22-11-16-17(25-26-21(16)23)5-3-9-24-20(27)12-28-13-7-8-19-15(10-13)14-4-1-2-6-18(14)29-19/h7-8,10H,1-6,9,12H2,(H,24,27)(H3,23,25,26). The molecule has 29 heavy (non-hydrogen) atoms. The fraction of sp³-hybridized carbons (Fsp3) is 0.381. The van der Waals surface area contributed by atoms with Gasteiger partial charge in [-0.2, -0.15) is 10.4 Å². The first-order valence-electron chi connectivity index (χ1n) is 9.82. The molecule has 0 atom stereocenters. The van der Waals surface area contributed by atoms with Crippen LogP contribution in [-0.4, -0.2) is 29.3 Å². The van der Waals surface area contributed by atoms with Gasteiger partial charge in [-0.1, -0.05) is 0 Å². The number of furan rings is 1. The molecule has 8 heteroatoms. The molecule has 8 nitrogen and oxygen atoms in total. The van der Waals surface area contributed by atoms with E-state index in [0.29, 0.717) is 36.4 Å². The molecule has 0 saturated carbocycles. The zero-order valence-corrected chi connectivity index (χ0v) is 16.1. The van der Waals surface area contributed by atoms with E-state index in [2.05, 4.69) is 15.5 Å². The molecule has 1 aliphatic rings. The van der Waals surface area contributed by atoms with Gasteiger partial charge in [0, 0.05) is 23.9 Å². The number of aryl methyl sites for hydroxylation is 3. The number of nitriles is 1. The van der Waals surface area contributed by atoms with Crippen molar-refractivity contribution in [3.05, 3.63) is 40.8 Å². The number of aromatic amines is 1. The fourth-order valence-corrected chi connectivity index (χ4v) is 3.72. The van der Waals surface area contributed by atoms with Gasteiger partial charge in [-0.3, -0.25) is 9.89 Å². The minimum absolute atomic E-state index is 0.0496. The number of anilines is 1. The summed E-state index contributed by atoms with van der Waals surface area (Å²) in [5.74, 6) is 1.76. The highest BCUT2D eigenvalue weighted by molar-refractivity contribution is 5.84. The van der Waals surface area contributed by atoms with Crippen LogP contribution >= 0.6 is 0 Å². The van der Waals surface area contributed by atoms with Crippen molar-refractivity contribution in [3.63, 3.8) is 0 Å². The van der Waals surface area contributed by atoms with E-state index in [1.807, 2.05) is 24.3 Å². The molecular weight excluding hydrogens is 370 g/mol. The minimum Gasteiger partial charge on any atom is -0.484 e. The van der Waals surface area contributed by atoms with Crippen LogP contribution < -0.4 is 15.8 Å². The van der Waals surface area contributed by atoms with E-state index < -0.39 is 0 Å². The number of nitrogen functional groups attached to an aromatic ring is 1. The van der Waals surface area contributed by atoms with Gasteiger partial charge in [0.25, 0.3) is 5.91 Å². The summed E-state index contributed by atoms with van der Waals surface area (Å²) in [5.41, 5.74) is 8.82. The second kappa shape index (κ2) is 8.27. The summed E-state index contributed by atoms with van der Waals surface area (Å²) < 4.78 is 11.6. The molecule has 1 aromatic carbocycles. The third-order valence-corrected chi connectivity index (χ3v) is 5.20. The van der Waals surface area contributed by atoms with Crippen LogP contribution in [0.15, 0.2) is 22.6 Å². The first kappa shape index (κ1) is 18.9. The Morgan fingerprint density at radius 3 is 3.10 bits per heavy atom. The Morgan fingerprint density at radius 2 is 2.24 bits per heavy atom. The molecule has 150 valence electrons. The van der Waals surface area contributed by atoms with Gasteiger partial charge in [0.05, 0.1) is 5.69 Å². The van der Waals surface area contributed by atoms with Gasteiger partial charge in [-0.05, 0) is 50.3 Å². The second-order valence-electron chi connectivity index (χ2n) is 7.19. The molecule has 0 fully saturated rings. The Bertz CT molecular complexity index is 1080. The molecule has 0 spiro atoms. The quantitative estimate of drug-likeness (QED) is 0.529. The molecular formula is C21H23N5O3. The molecule has 0 unspecified atom stereocenters. The number of carbonyl (C=O) groups is 1. The van der Waals surface area contributed by atoms with E-state index in [4.69, 9.17) is 20.1 Å². The molecule has 0 aliphatic heterocycles. The number of aromatic nitrogens is 2. The first-order valence-corrected chi connectivity index (χ1v) is 9.82. The van der Waals surface area contributed by atoms with Gasteiger partial charge >= 0.3 is 0 Å². The summed E-state index contributed by atoms with van der Waals surface area (Å²) in [6.45, 7) is 0.423. The summed E-state index contributed by atoms with van der Waals surface area (Å²) in [4.78, 5) is 12.1. The van der Waals surface area contributed by atoms with Crippen molar-refractivity contribution in [1.29, 1.82) is 5.26 Å².